The predicted octanol–water partition coefficient (Wildman–Crippen LogP) is 0.202. The van der Waals surface area contributed by atoms with E-state index in [1.807, 2.05) is 0 Å². The van der Waals surface area contributed by atoms with Gasteiger partial charge < -0.3 is 15.8 Å². The fraction of sp³-hybridized carbons (Fsp3) is 0.750. The molecule has 13 heavy (non-hydrogen) atoms. The highest BCUT2D eigenvalue weighted by Gasteiger charge is 2.25. The van der Waals surface area contributed by atoms with Crippen molar-refractivity contribution in [1.29, 1.82) is 0 Å². The number of thiocarbonyl (C=S) groups is 1. The van der Waals surface area contributed by atoms with Gasteiger partial charge in [0.15, 0.2) is 0 Å². The van der Waals surface area contributed by atoms with Gasteiger partial charge in [-0.05, 0) is 20.8 Å². The topological polar surface area (TPSA) is 64.3 Å². The molecule has 0 aromatic heterocycles. The SMILES string of the molecule is COC(C)C(=O)NC(C)(C)C(N)=S. The molecule has 0 aliphatic rings. The first-order valence-electron chi connectivity index (χ1n) is 3.96. The molecule has 5 heteroatoms. The van der Waals surface area contributed by atoms with Crippen LogP contribution in [0.1, 0.15) is 20.8 Å². The van der Waals surface area contributed by atoms with Crippen LogP contribution < -0.4 is 11.1 Å². The van der Waals surface area contributed by atoms with Gasteiger partial charge in [-0.2, -0.15) is 0 Å². The Kier molecular flexibility index (Phi) is 4.29. The second-order valence-electron chi connectivity index (χ2n) is 3.36. The zero-order valence-electron chi connectivity index (χ0n) is 8.38. The van der Waals surface area contributed by atoms with Crippen LogP contribution in [-0.2, 0) is 9.53 Å². The van der Waals surface area contributed by atoms with Gasteiger partial charge in [-0.25, -0.2) is 0 Å². The van der Waals surface area contributed by atoms with E-state index < -0.39 is 11.6 Å². The number of carbonyl (C=O) groups excluding carboxylic acids is 1. The van der Waals surface area contributed by atoms with Crippen molar-refractivity contribution in [3.05, 3.63) is 0 Å². The minimum Gasteiger partial charge on any atom is -0.391 e. The monoisotopic (exact) mass is 204 g/mol. The third-order valence-corrected chi connectivity index (χ3v) is 2.28. The number of hydrogen-bond donors (Lipinski definition) is 2. The van der Waals surface area contributed by atoms with Crippen molar-refractivity contribution in [3.8, 4) is 0 Å². The third kappa shape index (κ3) is 3.69. The Morgan fingerprint density at radius 3 is 2.38 bits per heavy atom. The van der Waals surface area contributed by atoms with Crippen molar-refractivity contribution >= 4 is 23.1 Å². The summed E-state index contributed by atoms with van der Waals surface area (Å²) in [4.78, 5) is 11.6. The van der Waals surface area contributed by atoms with Crippen molar-refractivity contribution in [2.24, 2.45) is 5.73 Å². The Bertz CT molecular complexity index is 216. The Labute approximate surface area is 83.8 Å². The number of carbonyl (C=O) groups is 1. The van der Waals surface area contributed by atoms with Crippen LogP contribution in [0.4, 0.5) is 0 Å². The third-order valence-electron chi connectivity index (χ3n) is 1.77. The molecule has 0 spiro atoms. The van der Waals surface area contributed by atoms with Crippen LogP contribution >= 0.6 is 12.2 Å². The number of nitrogens with two attached hydrogens (primary N) is 1. The average Bonchev–Trinajstić information content (AvgIpc) is 2.01. The minimum atomic E-state index is -0.667. The summed E-state index contributed by atoms with van der Waals surface area (Å²) in [7, 11) is 1.47. The Balaban J connectivity index is 4.28. The molecular weight excluding hydrogens is 188 g/mol. The van der Waals surface area contributed by atoms with E-state index in [1.54, 1.807) is 20.8 Å². The van der Waals surface area contributed by atoms with E-state index in [4.69, 9.17) is 22.7 Å². The summed E-state index contributed by atoms with van der Waals surface area (Å²) in [6.45, 7) is 5.15. The lowest BCUT2D eigenvalue weighted by atomic mass is 10.1. The molecule has 0 aromatic rings. The van der Waals surface area contributed by atoms with Crippen molar-refractivity contribution in [2.75, 3.05) is 7.11 Å². The van der Waals surface area contributed by atoms with Crippen LogP contribution in [0.25, 0.3) is 0 Å². The Morgan fingerprint density at radius 1 is 1.62 bits per heavy atom. The van der Waals surface area contributed by atoms with E-state index in [9.17, 15) is 4.79 Å². The van der Waals surface area contributed by atoms with E-state index in [0.717, 1.165) is 0 Å². The van der Waals surface area contributed by atoms with Gasteiger partial charge in [-0.3, -0.25) is 4.79 Å². The molecule has 0 radical (unpaired) electrons. The minimum absolute atomic E-state index is 0.222. The molecule has 0 bridgehead atoms. The molecule has 1 atom stereocenters. The molecule has 1 amide bonds. The van der Waals surface area contributed by atoms with Gasteiger partial charge in [0.1, 0.15) is 6.10 Å². The second-order valence-corrected chi connectivity index (χ2v) is 3.80. The van der Waals surface area contributed by atoms with E-state index in [-0.39, 0.29) is 10.9 Å². The highest BCUT2D eigenvalue weighted by atomic mass is 32.1. The van der Waals surface area contributed by atoms with Gasteiger partial charge >= 0.3 is 0 Å². The number of hydrogen-bond acceptors (Lipinski definition) is 3. The molecule has 0 rings (SSSR count). The molecule has 0 saturated carbocycles. The summed E-state index contributed by atoms with van der Waals surface area (Å²) in [6.07, 6.45) is -0.492. The van der Waals surface area contributed by atoms with E-state index in [2.05, 4.69) is 5.32 Å². The predicted molar refractivity (Wildman–Crippen MR) is 55.5 cm³/mol. The van der Waals surface area contributed by atoms with Gasteiger partial charge in [0.05, 0.1) is 10.5 Å². The van der Waals surface area contributed by atoms with Gasteiger partial charge in [0.2, 0.25) is 5.91 Å². The fourth-order valence-electron chi connectivity index (χ4n) is 0.578. The zero-order valence-corrected chi connectivity index (χ0v) is 9.20. The maximum Gasteiger partial charge on any atom is 0.249 e. The molecule has 4 nitrogen and oxygen atoms in total. The first-order valence-corrected chi connectivity index (χ1v) is 4.37. The van der Waals surface area contributed by atoms with E-state index in [1.165, 1.54) is 7.11 Å². The molecule has 0 aromatic carbocycles. The number of methoxy groups -OCH3 is 1. The number of amides is 1. The van der Waals surface area contributed by atoms with Crippen molar-refractivity contribution in [1.82, 2.24) is 5.32 Å². The largest absolute Gasteiger partial charge is 0.391 e. The van der Waals surface area contributed by atoms with Gasteiger partial charge in [-0.15, -0.1) is 0 Å². The lowest BCUT2D eigenvalue weighted by molar-refractivity contribution is -0.131. The summed E-state index contributed by atoms with van der Waals surface area (Å²) >= 11 is 4.80. The molecule has 76 valence electrons. The number of ether oxygens (including phenoxy) is 1. The van der Waals surface area contributed by atoms with E-state index in [0.29, 0.717) is 0 Å². The Hall–Kier alpha value is -0.680. The standard InChI is InChI=1S/C8H16N2O2S/c1-5(12-4)6(11)10-8(2,3)7(9)13/h5H,1-4H3,(H2,9,13)(H,10,11). The second kappa shape index (κ2) is 4.53. The molecule has 0 saturated heterocycles. The smallest absolute Gasteiger partial charge is 0.249 e. The van der Waals surface area contributed by atoms with Crippen molar-refractivity contribution in [3.63, 3.8) is 0 Å². The van der Waals surface area contributed by atoms with Crippen molar-refractivity contribution < 1.29 is 9.53 Å². The van der Waals surface area contributed by atoms with Crippen LogP contribution in [0.15, 0.2) is 0 Å². The van der Waals surface area contributed by atoms with Crippen LogP contribution in [-0.4, -0.2) is 29.6 Å². The highest BCUT2D eigenvalue weighted by molar-refractivity contribution is 7.80. The summed E-state index contributed by atoms with van der Waals surface area (Å²) in [5.41, 5.74) is 4.77. The van der Waals surface area contributed by atoms with Crippen LogP contribution in [0.2, 0.25) is 0 Å². The lowest BCUT2D eigenvalue weighted by Gasteiger charge is -2.26. The molecule has 3 N–H and O–H groups in total. The quantitative estimate of drug-likeness (QED) is 0.642. The Morgan fingerprint density at radius 2 is 2.08 bits per heavy atom. The molecule has 0 fully saturated rings. The zero-order chi connectivity index (χ0) is 10.6. The van der Waals surface area contributed by atoms with Gasteiger partial charge in [-0.1, -0.05) is 12.2 Å². The average molecular weight is 204 g/mol. The lowest BCUT2D eigenvalue weighted by Crippen LogP contribution is -2.54. The maximum absolute atomic E-state index is 11.3. The van der Waals surface area contributed by atoms with Crippen LogP contribution in [0.3, 0.4) is 0 Å². The van der Waals surface area contributed by atoms with Crippen molar-refractivity contribution in [2.45, 2.75) is 32.4 Å². The summed E-state index contributed by atoms with van der Waals surface area (Å²) in [5, 5.41) is 2.68. The molecule has 0 aliphatic heterocycles. The maximum atomic E-state index is 11.3. The number of nitrogens with one attached hydrogen (secondary N) is 1. The summed E-state index contributed by atoms with van der Waals surface area (Å²) in [5.74, 6) is -0.222. The summed E-state index contributed by atoms with van der Waals surface area (Å²) in [6, 6.07) is 0. The van der Waals surface area contributed by atoms with Crippen LogP contribution in [0, 0.1) is 0 Å². The first-order chi connectivity index (χ1) is 5.81. The highest BCUT2D eigenvalue weighted by Crippen LogP contribution is 2.03. The first kappa shape index (κ1) is 12.3. The normalized spacial score (nSPS) is 13.5. The molecular formula is C8H16N2O2S. The van der Waals surface area contributed by atoms with Gasteiger partial charge in [0.25, 0.3) is 0 Å². The molecule has 0 aliphatic carbocycles. The fourth-order valence-corrected chi connectivity index (χ4v) is 0.629. The number of rotatable bonds is 4. The van der Waals surface area contributed by atoms with Crippen LogP contribution in [0.5, 0.6) is 0 Å². The summed E-state index contributed by atoms with van der Waals surface area (Å²) < 4.78 is 4.84. The molecule has 1 unspecified atom stereocenters. The van der Waals surface area contributed by atoms with Gasteiger partial charge in [0, 0.05) is 7.11 Å². The molecule has 0 heterocycles. The van der Waals surface area contributed by atoms with E-state index >= 15 is 0 Å².